The molecule has 0 aliphatic carbocycles. The fourth-order valence-corrected chi connectivity index (χ4v) is 3.56. The molecule has 1 atom stereocenters. The fourth-order valence-electron chi connectivity index (χ4n) is 2.03. The number of aromatic nitrogens is 1. The van der Waals surface area contributed by atoms with Gasteiger partial charge in [0.1, 0.15) is 0 Å². The Hall–Kier alpha value is -1.67. The van der Waals surface area contributed by atoms with Crippen molar-refractivity contribution < 1.29 is 13.2 Å². The molecule has 7 nitrogen and oxygen atoms in total. The summed E-state index contributed by atoms with van der Waals surface area (Å²) in [6, 6.07) is 2.39. The van der Waals surface area contributed by atoms with Crippen molar-refractivity contribution in [3.8, 4) is 0 Å². The van der Waals surface area contributed by atoms with Crippen LogP contribution in [0, 0.1) is 5.41 Å². The van der Waals surface area contributed by atoms with Gasteiger partial charge < -0.3 is 10.7 Å². The maximum absolute atomic E-state index is 12.3. The molecule has 1 unspecified atom stereocenters. The standard InChI is InChI=1S/C11H15N3O4S/c1-11(10(12)16)4-5-14(7-11)19(17,18)8-2-3-9(15)13-6-8/h2-3,6H,4-5,7H2,1H3,(H2,12,16)(H,13,15). The van der Waals surface area contributed by atoms with Gasteiger partial charge in [-0.05, 0) is 19.4 Å². The number of amides is 1. The molecular formula is C11H15N3O4S. The van der Waals surface area contributed by atoms with Gasteiger partial charge >= 0.3 is 0 Å². The highest BCUT2D eigenvalue weighted by Crippen LogP contribution is 2.32. The van der Waals surface area contributed by atoms with E-state index < -0.39 is 21.3 Å². The number of aromatic amines is 1. The summed E-state index contributed by atoms with van der Waals surface area (Å²) in [6.45, 7) is 1.95. The summed E-state index contributed by atoms with van der Waals surface area (Å²) in [6.07, 6.45) is 1.54. The summed E-state index contributed by atoms with van der Waals surface area (Å²) in [5, 5.41) is 0. The van der Waals surface area contributed by atoms with E-state index in [0.29, 0.717) is 6.42 Å². The van der Waals surface area contributed by atoms with Gasteiger partial charge in [0.15, 0.2) is 0 Å². The second-order valence-corrected chi connectivity index (χ2v) is 6.84. The molecule has 1 aromatic heterocycles. The third kappa shape index (κ3) is 2.41. The van der Waals surface area contributed by atoms with Crippen LogP contribution in [0.4, 0.5) is 0 Å². The molecule has 0 radical (unpaired) electrons. The number of H-pyrrole nitrogens is 1. The summed E-state index contributed by atoms with van der Waals surface area (Å²) in [5.74, 6) is -0.508. The van der Waals surface area contributed by atoms with Crippen LogP contribution in [-0.4, -0.2) is 36.7 Å². The lowest BCUT2D eigenvalue weighted by molar-refractivity contribution is -0.126. The third-order valence-electron chi connectivity index (χ3n) is 3.43. The molecule has 2 rings (SSSR count). The monoisotopic (exact) mass is 285 g/mol. The first-order valence-corrected chi connectivity index (χ1v) is 7.18. The van der Waals surface area contributed by atoms with Crippen LogP contribution in [0.15, 0.2) is 28.0 Å². The minimum Gasteiger partial charge on any atom is -0.369 e. The van der Waals surface area contributed by atoms with Crippen LogP contribution >= 0.6 is 0 Å². The molecule has 0 saturated carbocycles. The normalized spacial score (nSPS) is 24.5. The summed E-state index contributed by atoms with van der Waals surface area (Å²) in [5.41, 5.74) is 4.08. The predicted molar refractivity (Wildman–Crippen MR) is 67.7 cm³/mol. The molecule has 1 aliphatic heterocycles. The van der Waals surface area contributed by atoms with Crippen molar-refractivity contribution in [3.63, 3.8) is 0 Å². The number of rotatable bonds is 3. The van der Waals surface area contributed by atoms with E-state index in [-0.39, 0.29) is 23.5 Å². The molecule has 2 heterocycles. The van der Waals surface area contributed by atoms with Gasteiger partial charge in [-0.3, -0.25) is 9.59 Å². The Kier molecular flexibility index (Phi) is 3.23. The van der Waals surface area contributed by atoms with Gasteiger partial charge in [-0.2, -0.15) is 4.31 Å². The molecule has 1 fully saturated rings. The van der Waals surface area contributed by atoms with Crippen molar-refractivity contribution in [2.24, 2.45) is 11.1 Å². The van der Waals surface area contributed by atoms with E-state index in [9.17, 15) is 18.0 Å². The minimum absolute atomic E-state index is 0.000760. The molecule has 0 aromatic carbocycles. The molecular weight excluding hydrogens is 270 g/mol. The highest BCUT2D eigenvalue weighted by Gasteiger charge is 2.43. The van der Waals surface area contributed by atoms with Crippen LogP contribution in [0.3, 0.4) is 0 Å². The van der Waals surface area contributed by atoms with Crippen LogP contribution in [0.5, 0.6) is 0 Å². The molecule has 19 heavy (non-hydrogen) atoms. The molecule has 0 spiro atoms. The lowest BCUT2D eigenvalue weighted by atomic mass is 9.89. The molecule has 0 bridgehead atoms. The first-order chi connectivity index (χ1) is 8.75. The van der Waals surface area contributed by atoms with E-state index in [1.807, 2.05) is 0 Å². The minimum atomic E-state index is -3.70. The summed E-state index contributed by atoms with van der Waals surface area (Å²) < 4.78 is 25.8. The maximum Gasteiger partial charge on any atom is 0.247 e. The quantitative estimate of drug-likeness (QED) is 0.761. The van der Waals surface area contributed by atoms with Crippen molar-refractivity contribution in [3.05, 3.63) is 28.7 Å². The Bertz CT molecular complexity index is 646. The zero-order valence-corrected chi connectivity index (χ0v) is 11.2. The fraction of sp³-hybridized carbons (Fsp3) is 0.455. The number of primary amides is 1. The predicted octanol–water partition coefficient (Wildman–Crippen LogP) is -0.739. The van der Waals surface area contributed by atoms with E-state index in [1.165, 1.54) is 10.4 Å². The summed E-state index contributed by atoms with van der Waals surface area (Å²) in [4.78, 5) is 24.6. The van der Waals surface area contributed by atoms with E-state index >= 15 is 0 Å². The van der Waals surface area contributed by atoms with Gasteiger partial charge in [0, 0.05) is 25.4 Å². The van der Waals surface area contributed by atoms with Gasteiger partial charge in [-0.25, -0.2) is 8.42 Å². The van der Waals surface area contributed by atoms with Crippen molar-refractivity contribution >= 4 is 15.9 Å². The third-order valence-corrected chi connectivity index (χ3v) is 5.27. The van der Waals surface area contributed by atoms with Crippen LogP contribution in [0.1, 0.15) is 13.3 Å². The number of hydrogen-bond acceptors (Lipinski definition) is 4. The number of nitrogens with two attached hydrogens (primary N) is 1. The van der Waals surface area contributed by atoms with Crippen LogP contribution < -0.4 is 11.3 Å². The van der Waals surface area contributed by atoms with Gasteiger partial charge in [0.2, 0.25) is 21.5 Å². The lowest BCUT2D eigenvalue weighted by Crippen LogP contribution is -2.38. The molecule has 1 saturated heterocycles. The Balaban J connectivity index is 2.30. The molecule has 1 amide bonds. The van der Waals surface area contributed by atoms with Crippen molar-refractivity contribution in [2.75, 3.05) is 13.1 Å². The molecule has 1 aromatic rings. The Morgan fingerprint density at radius 1 is 1.47 bits per heavy atom. The summed E-state index contributed by atoms with van der Waals surface area (Å²) >= 11 is 0. The number of sulfonamides is 1. The number of carbonyl (C=O) groups is 1. The van der Waals surface area contributed by atoms with Gasteiger partial charge in [-0.1, -0.05) is 0 Å². The smallest absolute Gasteiger partial charge is 0.247 e. The highest BCUT2D eigenvalue weighted by atomic mass is 32.2. The number of pyridine rings is 1. The zero-order valence-electron chi connectivity index (χ0n) is 10.4. The average Bonchev–Trinajstić information content (AvgIpc) is 2.75. The number of carbonyl (C=O) groups excluding carboxylic acids is 1. The first kappa shape index (κ1) is 13.8. The Morgan fingerprint density at radius 2 is 2.16 bits per heavy atom. The number of nitrogens with one attached hydrogen (secondary N) is 1. The number of hydrogen-bond donors (Lipinski definition) is 2. The van der Waals surface area contributed by atoms with Crippen molar-refractivity contribution in [1.29, 1.82) is 0 Å². The van der Waals surface area contributed by atoms with Crippen LogP contribution in [0.25, 0.3) is 0 Å². The van der Waals surface area contributed by atoms with E-state index in [2.05, 4.69) is 4.98 Å². The van der Waals surface area contributed by atoms with Gasteiger partial charge in [0.05, 0.1) is 10.3 Å². The topological polar surface area (TPSA) is 113 Å². The Morgan fingerprint density at radius 3 is 2.63 bits per heavy atom. The van der Waals surface area contributed by atoms with Crippen molar-refractivity contribution in [2.45, 2.75) is 18.2 Å². The SMILES string of the molecule is CC1(C(N)=O)CCN(S(=O)(=O)c2ccc(=O)[nH]c2)C1. The van der Waals surface area contributed by atoms with E-state index in [4.69, 9.17) is 5.73 Å². The Labute approximate surface area is 110 Å². The number of nitrogens with zero attached hydrogens (tertiary/aromatic N) is 1. The lowest BCUT2D eigenvalue weighted by Gasteiger charge is -2.20. The largest absolute Gasteiger partial charge is 0.369 e. The zero-order chi connectivity index (χ0) is 14.3. The van der Waals surface area contributed by atoms with Gasteiger partial charge in [0.25, 0.3) is 0 Å². The van der Waals surface area contributed by atoms with Crippen molar-refractivity contribution in [1.82, 2.24) is 9.29 Å². The average molecular weight is 285 g/mol. The first-order valence-electron chi connectivity index (χ1n) is 5.74. The second-order valence-electron chi connectivity index (χ2n) is 4.90. The molecule has 1 aliphatic rings. The molecule has 8 heteroatoms. The van der Waals surface area contributed by atoms with Gasteiger partial charge in [-0.15, -0.1) is 0 Å². The van der Waals surface area contributed by atoms with Crippen LogP contribution in [-0.2, 0) is 14.8 Å². The van der Waals surface area contributed by atoms with Crippen LogP contribution in [0.2, 0.25) is 0 Å². The molecule has 3 N–H and O–H groups in total. The summed E-state index contributed by atoms with van der Waals surface area (Å²) in [7, 11) is -3.70. The van der Waals surface area contributed by atoms with E-state index in [0.717, 1.165) is 12.3 Å². The molecule has 104 valence electrons. The highest BCUT2D eigenvalue weighted by molar-refractivity contribution is 7.89. The van der Waals surface area contributed by atoms with E-state index in [1.54, 1.807) is 6.92 Å². The maximum atomic E-state index is 12.3. The second kappa shape index (κ2) is 4.46.